The Morgan fingerprint density at radius 1 is 1.47 bits per heavy atom. The molecule has 1 amide bonds. The van der Waals surface area contributed by atoms with Gasteiger partial charge in [-0.3, -0.25) is 4.79 Å². The second-order valence-corrected chi connectivity index (χ2v) is 2.76. The minimum Gasteiger partial charge on any atom is -0.384 e. The van der Waals surface area contributed by atoms with Crippen LogP contribution < -0.4 is 11.5 Å². The number of hydrogen-bond donors (Lipinski definition) is 2. The first-order valence-electron chi connectivity index (χ1n) is 4.02. The maximum Gasteiger partial charge on any atom is 0.290 e. The van der Waals surface area contributed by atoms with E-state index in [9.17, 15) is 4.79 Å². The number of primary amides is 1. The SMILES string of the molecule is NC(=O)c1noc(-c2ccnc(N)c2)n1. The Balaban J connectivity index is 2.41. The molecule has 2 heterocycles. The van der Waals surface area contributed by atoms with Gasteiger partial charge in [-0.2, -0.15) is 4.98 Å². The van der Waals surface area contributed by atoms with Crippen LogP contribution in [0.5, 0.6) is 0 Å². The third-order valence-corrected chi connectivity index (χ3v) is 1.67. The van der Waals surface area contributed by atoms with Gasteiger partial charge in [-0.15, -0.1) is 0 Å². The Morgan fingerprint density at radius 2 is 2.27 bits per heavy atom. The molecule has 0 unspecified atom stereocenters. The van der Waals surface area contributed by atoms with Gasteiger partial charge in [0.1, 0.15) is 5.82 Å². The Hall–Kier alpha value is -2.44. The van der Waals surface area contributed by atoms with E-state index in [1.54, 1.807) is 12.1 Å². The first kappa shape index (κ1) is 9.13. The Labute approximate surface area is 84.1 Å². The van der Waals surface area contributed by atoms with Crippen molar-refractivity contribution in [1.29, 1.82) is 0 Å². The van der Waals surface area contributed by atoms with Crippen molar-refractivity contribution in [2.75, 3.05) is 5.73 Å². The van der Waals surface area contributed by atoms with Crippen LogP contribution in [0.3, 0.4) is 0 Å². The van der Waals surface area contributed by atoms with E-state index >= 15 is 0 Å². The summed E-state index contributed by atoms with van der Waals surface area (Å²) in [6.07, 6.45) is 1.50. The molecule has 2 aromatic rings. The number of carbonyl (C=O) groups excluding carboxylic acids is 1. The molecule has 15 heavy (non-hydrogen) atoms. The summed E-state index contributed by atoms with van der Waals surface area (Å²) in [5, 5.41) is 3.40. The molecule has 0 aliphatic rings. The van der Waals surface area contributed by atoms with Crippen molar-refractivity contribution in [1.82, 2.24) is 15.1 Å². The summed E-state index contributed by atoms with van der Waals surface area (Å²) in [6.45, 7) is 0. The van der Waals surface area contributed by atoms with E-state index in [0.717, 1.165) is 0 Å². The largest absolute Gasteiger partial charge is 0.384 e. The Kier molecular flexibility index (Phi) is 2.05. The molecule has 0 radical (unpaired) electrons. The fourth-order valence-corrected chi connectivity index (χ4v) is 1.02. The molecular weight excluding hydrogens is 198 g/mol. The molecule has 0 aliphatic carbocycles. The predicted octanol–water partition coefficient (Wildman–Crippen LogP) is -0.187. The Bertz CT molecular complexity index is 507. The fourth-order valence-electron chi connectivity index (χ4n) is 1.02. The van der Waals surface area contributed by atoms with Gasteiger partial charge >= 0.3 is 0 Å². The minimum atomic E-state index is -0.743. The molecule has 76 valence electrons. The second kappa shape index (κ2) is 3.37. The molecule has 0 aromatic carbocycles. The Morgan fingerprint density at radius 3 is 2.87 bits per heavy atom. The molecule has 2 rings (SSSR count). The molecule has 0 saturated carbocycles. The zero-order valence-electron chi connectivity index (χ0n) is 7.54. The number of nitrogen functional groups attached to an aromatic ring is 1. The van der Waals surface area contributed by atoms with Crippen molar-refractivity contribution in [2.45, 2.75) is 0 Å². The highest BCUT2D eigenvalue weighted by Crippen LogP contribution is 2.17. The van der Waals surface area contributed by atoms with Crippen LogP contribution in [-0.4, -0.2) is 21.0 Å². The summed E-state index contributed by atoms with van der Waals surface area (Å²) >= 11 is 0. The summed E-state index contributed by atoms with van der Waals surface area (Å²) < 4.78 is 4.82. The number of rotatable bonds is 2. The minimum absolute atomic E-state index is 0.166. The quantitative estimate of drug-likeness (QED) is 0.700. The van der Waals surface area contributed by atoms with E-state index in [2.05, 4.69) is 15.1 Å². The molecule has 7 heteroatoms. The van der Waals surface area contributed by atoms with Gasteiger partial charge in [-0.25, -0.2) is 4.98 Å². The van der Waals surface area contributed by atoms with E-state index < -0.39 is 5.91 Å². The van der Waals surface area contributed by atoms with Crippen LogP contribution in [0.2, 0.25) is 0 Å². The molecule has 0 aliphatic heterocycles. The molecule has 0 spiro atoms. The highest BCUT2D eigenvalue weighted by Gasteiger charge is 2.12. The van der Waals surface area contributed by atoms with Crippen LogP contribution in [-0.2, 0) is 0 Å². The van der Waals surface area contributed by atoms with E-state index in [0.29, 0.717) is 11.4 Å². The van der Waals surface area contributed by atoms with Gasteiger partial charge in [0, 0.05) is 11.8 Å². The van der Waals surface area contributed by atoms with Gasteiger partial charge in [0.15, 0.2) is 0 Å². The summed E-state index contributed by atoms with van der Waals surface area (Å²) in [5.41, 5.74) is 11.0. The van der Waals surface area contributed by atoms with E-state index in [1.807, 2.05) is 0 Å². The molecular formula is C8H7N5O2. The van der Waals surface area contributed by atoms with Gasteiger partial charge in [0.2, 0.25) is 0 Å². The summed E-state index contributed by atoms with van der Waals surface area (Å²) in [5.74, 6) is -0.406. The predicted molar refractivity (Wildman–Crippen MR) is 50.5 cm³/mol. The topological polar surface area (TPSA) is 121 Å². The molecule has 7 nitrogen and oxygen atoms in total. The lowest BCUT2D eigenvalue weighted by Crippen LogP contribution is -2.12. The standard InChI is InChI=1S/C8H7N5O2/c9-5-3-4(1-2-11-5)8-12-7(6(10)14)13-15-8/h1-3H,(H2,9,11)(H2,10,14). The molecule has 2 aromatic heterocycles. The van der Waals surface area contributed by atoms with Crippen LogP contribution in [0, 0.1) is 0 Å². The van der Waals surface area contributed by atoms with Crippen molar-refractivity contribution in [3.05, 3.63) is 24.2 Å². The van der Waals surface area contributed by atoms with Gasteiger partial charge in [-0.1, -0.05) is 5.16 Å². The van der Waals surface area contributed by atoms with Crippen molar-refractivity contribution >= 4 is 11.7 Å². The van der Waals surface area contributed by atoms with Gasteiger partial charge < -0.3 is 16.0 Å². The molecule has 0 saturated heterocycles. The van der Waals surface area contributed by atoms with Crippen LogP contribution in [0.4, 0.5) is 5.82 Å². The number of nitrogens with zero attached hydrogens (tertiary/aromatic N) is 3. The molecule has 0 fully saturated rings. The molecule has 4 N–H and O–H groups in total. The first-order chi connectivity index (χ1) is 7.16. The van der Waals surface area contributed by atoms with Crippen LogP contribution in [0.1, 0.15) is 10.6 Å². The average Bonchev–Trinajstić information content (AvgIpc) is 2.66. The van der Waals surface area contributed by atoms with Crippen LogP contribution >= 0.6 is 0 Å². The average molecular weight is 205 g/mol. The van der Waals surface area contributed by atoms with Crippen molar-refractivity contribution in [3.63, 3.8) is 0 Å². The normalized spacial score (nSPS) is 10.1. The third kappa shape index (κ3) is 1.75. The monoisotopic (exact) mass is 205 g/mol. The zero-order valence-corrected chi connectivity index (χ0v) is 7.54. The number of hydrogen-bond acceptors (Lipinski definition) is 6. The van der Waals surface area contributed by atoms with E-state index in [-0.39, 0.29) is 11.7 Å². The molecule has 0 atom stereocenters. The van der Waals surface area contributed by atoms with E-state index in [1.165, 1.54) is 6.20 Å². The number of pyridine rings is 1. The van der Waals surface area contributed by atoms with Crippen molar-refractivity contribution in [3.8, 4) is 11.5 Å². The summed E-state index contributed by atoms with van der Waals surface area (Å²) in [7, 11) is 0. The second-order valence-electron chi connectivity index (χ2n) is 2.76. The third-order valence-electron chi connectivity index (χ3n) is 1.67. The van der Waals surface area contributed by atoms with Gasteiger partial charge in [0.25, 0.3) is 17.6 Å². The summed E-state index contributed by atoms with van der Waals surface area (Å²) in [4.78, 5) is 18.3. The number of amides is 1. The van der Waals surface area contributed by atoms with Crippen LogP contribution in [0.25, 0.3) is 11.5 Å². The highest BCUT2D eigenvalue weighted by atomic mass is 16.5. The lowest BCUT2D eigenvalue weighted by atomic mass is 10.2. The van der Waals surface area contributed by atoms with Gasteiger partial charge in [0.05, 0.1) is 0 Å². The number of anilines is 1. The van der Waals surface area contributed by atoms with E-state index in [4.69, 9.17) is 16.0 Å². The lowest BCUT2D eigenvalue weighted by molar-refractivity contribution is 0.0987. The number of nitrogens with two attached hydrogens (primary N) is 2. The van der Waals surface area contributed by atoms with Crippen LogP contribution in [0.15, 0.2) is 22.9 Å². The fraction of sp³-hybridized carbons (Fsp3) is 0. The van der Waals surface area contributed by atoms with Gasteiger partial charge in [-0.05, 0) is 12.1 Å². The highest BCUT2D eigenvalue weighted by molar-refractivity contribution is 5.89. The van der Waals surface area contributed by atoms with Crippen molar-refractivity contribution in [2.24, 2.45) is 5.73 Å². The lowest BCUT2D eigenvalue weighted by Gasteiger charge is -1.93. The maximum absolute atomic E-state index is 10.7. The molecule has 0 bridgehead atoms. The number of carbonyl (C=O) groups is 1. The zero-order chi connectivity index (χ0) is 10.8. The number of aromatic nitrogens is 3. The smallest absolute Gasteiger partial charge is 0.290 e. The first-order valence-corrected chi connectivity index (χ1v) is 4.02. The van der Waals surface area contributed by atoms with Crippen molar-refractivity contribution < 1.29 is 9.32 Å². The maximum atomic E-state index is 10.7. The summed E-state index contributed by atoms with van der Waals surface area (Å²) in [6, 6.07) is 3.19.